The summed E-state index contributed by atoms with van der Waals surface area (Å²) in [5.74, 6) is -1.22. The van der Waals surface area contributed by atoms with Crippen LogP contribution in [0.5, 0.6) is 0 Å². The van der Waals surface area contributed by atoms with Gasteiger partial charge in [0.05, 0.1) is 17.4 Å². The van der Waals surface area contributed by atoms with E-state index in [0.29, 0.717) is 11.4 Å². The number of rotatable bonds is 3. The number of hydrazone groups is 1. The van der Waals surface area contributed by atoms with Crippen LogP contribution in [0.25, 0.3) is 0 Å². The minimum atomic E-state index is -0.623. The fourth-order valence-corrected chi connectivity index (χ4v) is 3.86. The second-order valence-electron chi connectivity index (χ2n) is 5.73. The van der Waals surface area contributed by atoms with E-state index in [1.54, 1.807) is 28.5 Å². The van der Waals surface area contributed by atoms with Crippen molar-refractivity contribution in [3.63, 3.8) is 0 Å². The number of thiophene rings is 1. The topological polar surface area (TPSA) is 15.6 Å². The predicted molar refractivity (Wildman–Crippen MR) is 98.5 cm³/mol. The fraction of sp³-hybridized carbons (Fsp3) is 0.105. The normalized spacial score (nSPS) is 17.0. The summed E-state index contributed by atoms with van der Waals surface area (Å²) in [5.41, 5.74) is 2.05. The summed E-state index contributed by atoms with van der Waals surface area (Å²) in [6.07, 6.45) is 0.638. The summed E-state index contributed by atoms with van der Waals surface area (Å²) in [5, 5.41) is 8.91. The first kappa shape index (κ1) is 16.2. The van der Waals surface area contributed by atoms with Crippen LogP contribution in [0.4, 0.5) is 14.5 Å². The van der Waals surface area contributed by atoms with Crippen LogP contribution in [0, 0.1) is 11.6 Å². The van der Waals surface area contributed by atoms with Crippen LogP contribution in [0.15, 0.2) is 65.1 Å². The van der Waals surface area contributed by atoms with E-state index in [1.165, 1.54) is 12.1 Å². The number of hydrogen-bond acceptors (Lipinski definition) is 3. The molecule has 25 heavy (non-hydrogen) atoms. The van der Waals surface area contributed by atoms with Gasteiger partial charge in [-0.1, -0.05) is 29.8 Å². The lowest BCUT2D eigenvalue weighted by Gasteiger charge is -2.23. The first-order valence-corrected chi connectivity index (χ1v) is 8.99. The molecule has 2 aromatic carbocycles. The van der Waals surface area contributed by atoms with Gasteiger partial charge < -0.3 is 0 Å². The van der Waals surface area contributed by atoms with E-state index in [-0.39, 0.29) is 11.7 Å². The summed E-state index contributed by atoms with van der Waals surface area (Å²) in [6.45, 7) is 0. The molecule has 0 saturated carbocycles. The van der Waals surface area contributed by atoms with E-state index in [9.17, 15) is 8.78 Å². The molecule has 0 bridgehead atoms. The Morgan fingerprint density at radius 2 is 1.88 bits per heavy atom. The maximum atomic E-state index is 14.3. The Morgan fingerprint density at radius 1 is 1.08 bits per heavy atom. The number of nitrogens with zero attached hydrogens (tertiary/aromatic N) is 2. The molecule has 6 heteroatoms. The fourth-order valence-electron chi connectivity index (χ4n) is 2.92. The van der Waals surface area contributed by atoms with Gasteiger partial charge in [-0.15, -0.1) is 11.3 Å². The van der Waals surface area contributed by atoms with Gasteiger partial charge in [-0.2, -0.15) is 5.10 Å². The van der Waals surface area contributed by atoms with Crippen LogP contribution in [-0.2, 0) is 0 Å². The number of anilines is 1. The van der Waals surface area contributed by atoms with E-state index in [1.807, 2.05) is 29.6 Å². The summed E-state index contributed by atoms with van der Waals surface area (Å²) in [6, 6.07) is 14.8. The highest BCUT2D eigenvalue weighted by Gasteiger charge is 2.32. The van der Waals surface area contributed by atoms with Crippen molar-refractivity contribution in [3.8, 4) is 0 Å². The van der Waals surface area contributed by atoms with Crippen LogP contribution >= 0.6 is 22.9 Å². The molecule has 2 nitrogen and oxygen atoms in total. The molecule has 0 saturated heterocycles. The van der Waals surface area contributed by atoms with Gasteiger partial charge in [-0.3, -0.25) is 5.01 Å². The van der Waals surface area contributed by atoms with Crippen LogP contribution < -0.4 is 5.01 Å². The van der Waals surface area contributed by atoms with E-state index in [2.05, 4.69) is 5.10 Å². The van der Waals surface area contributed by atoms with Gasteiger partial charge in [0.1, 0.15) is 5.82 Å². The highest BCUT2D eigenvalue weighted by molar-refractivity contribution is 7.10. The highest BCUT2D eigenvalue weighted by atomic mass is 35.5. The molecule has 1 aliphatic heterocycles. The molecule has 0 amide bonds. The van der Waals surface area contributed by atoms with Crippen molar-refractivity contribution in [2.45, 2.75) is 12.5 Å². The van der Waals surface area contributed by atoms with Gasteiger partial charge in [0.25, 0.3) is 0 Å². The van der Waals surface area contributed by atoms with Crippen molar-refractivity contribution in [2.75, 3.05) is 5.01 Å². The lowest BCUT2D eigenvalue weighted by molar-refractivity contribution is 0.574. The molecule has 0 spiro atoms. The maximum absolute atomic E-state index is 14.3. The second kappa shape index (κ2) is 6.58. The average molecular weight is 375 g/mol. The molecule has 0 fully saturated rings. The Bertz CT molecular complexity index is 923. The molecular weight excluding hydrogens is 362 g/mol. The lowest BCUT2D eigenvalue weighted by atomic mass is 10.0. The second-order valence-corrected chi connectivity index (χ2v) is 7.14. The standard InChI is InChI=1S/C19H13ClF2N2S/c20-13-5-3-12(4-6-13)16-11-18(19-2-1-9-25-19)24(23-16)17-8-7-14(21)10-15(17)22/h1-10,18H,11H2/t18-/m1/s1. The molecule has 126 valence electrons. The molecular formula is C19H13ClF2N2S. The van der Waals surface area contributed by atoms with E-state index >= 15 is 0 Å². The van der Waals surface area contributed by atoms with Crippen LogP contribution in [-0.4, -0.2) is 5.71 Å². The van der Waals surface area contributed by atoms with Gasteiger partial charge in [0.15, 0.2) is 5.82 Å². The molecule has 0 radical (unpaired) electrons. The van der Waals surface area contributed by atoms with Gasteiger partial charge >= 0.3 is 0 Å². The zero-order chi connectivity index (χ0) is 17.4. The Balaban J connectivity index is 1.77. The molecule has 2 heterocycles. The van der Waals surface area contributed by atoms with Crippen molar-refractivity contribution in [1.29, 1.82) is 0 Å². The number of benzene rings is 2. The van der Waals surface area contributed by atoms with Gasteiger partial charge in [0.2, 0.25) is 0 Å². The minimum Gasteiger partial charge on any atom is -0.254 e. The van der Waals surface area contributed by atoms with Crippen molar-refractivity contribution in [1.82, 2.24) is 0 Å². The van der Waals surface area contributed by atoms with Gasteiger partial charge in [-0.05, 0) is 41.3 Å². The number of halogens is 3. The Labute approximate surface area is 153 Å². The minimum absolute atomic E-state index is 0.120. The molecule has 3 aromatic rings. The Kier molecular flexibility index (Phi) is 4.27. The maximum Gasteiger partial charge on any atom is 0.151 e. The van der Waals surface area contributed by atoms with E-state index in [0.717, 1.165) is 22.2 Å². The highest BCUT2D eigenvalue weighted by Crippen LogP contribution is 2.39. The Hall–Kier alpha value is -2.24. The van der Waals surface area contributed by atoms with E-state index < -0.39 is 11.6 Å². The molecule has 1 aliphatic rings. The molecule has 1 atom stereocenters. The van der Waals surface area contributed by atoms with Crippen LogP contribution in [0.2, 0.25) is 5.02 Å². The van der Waals surface area contributed by atoms with Gasteiger partial charge in [-0.25, -0.2) is 8.78 Å². The quantitative estimate of drug-likeness (QED) is 0.546. The van der Waals surface area contributed by atoms with Crippen LogP contribution in [0.1, 0.15) is 22.9 Å². The zero-order valence-electron chi connectivity index (χ0n) is 13.0. The largest absolute Gasteiger partial charge is 0.254 e. The molecule has 0 N–H and O–H groups in total. The number of hydrogen-bond donors (Lipinski definition) is 0. The van der Waals surface area contributed by atoms with Crippen molar-refractivity contribution >= 4 is 34.3 Å². The third-order valence-electron chi connectivity index (χ3n) is 4.12. The Morgan fingerprint density at radius 3 is 2.56 bits per heavy atom. The SMILES string of the molecule is Fc1ccc(N2N=C(c3ccc(Cl)cc3)C[C@@H]2c2cccs2)c(F)c1. The molecule has 4 rings (SSSR count). The van der Waals surface area contributed by atoms with Crippen molar-refractivity contribution < 1.29 is 8.78 Å². The van der Waals surface area contributed by atoms with Crippen molar-refractivity contribution in [2.24, 2.45) is 5.10 Å². The molecule has 0 aliphatic carbocycles. The summed E-state index contributed by atoms with van der Waals surface area (Å²) in [4.78, 5) is 1.08. The summed E-state index contributed by atoms with van der Waals surface area (Å²) >= 11 is 7.55. The predicted octanol–water partition coefficient (Wildman–Crippen LogP) is 6.04. The summed E-state index contributed by atoms with van der Waals surface area (Å²) in [7, 11) is 0. The monoisotopic (exact) mass is 374 g/mol. The van der Waals surface area contributed by atoms with Gasteiger partial charge in [0, 0.05) is 22.4 Å². The zero-order valence-corrected chi connectivity index (χ0v) is 14.6. The van der Waals surface area contributed by atoms with E-state index in [4.69, 9.17) is 11.6 Å². The van der Waals surface area contributed by atoms with Crippen molar-refractivity contribution in [3.05, 3.63) is 87.1 Å². The molecule has 1 aromatic heterocycles. The average Bonchev–Trinajstić information content (AvgIpc) is 3.24. The first-order valence-electron chi connectivity index (χ1n) is 7.73. The van der Waals surface area contributed by atoms with Crippen LogP contribution in [0.3, 0.4) is 0 Å². The molecule has 0 unspecified atom stereocenters. The first-order chi connectivity index (χ1) is 12.1. The lowest BCUT2D eigenvalue weighted by Crippen LogP contribution is -2.18. The third-order valence-corrected chi connectivity index (χ3v) is 5.34. The smallest absolute Gasteiger partial charge is 0.151 e. The summed E-state index contributed by atoms with van der Waals surface area (Å²) < 4.78 is 27.6. The third kappa shape index (κ3) is 3.17.